The van der Waals surface area contributed by atoms with E-state index in [9.17, 15) is 0 Å². The van der Waals surface area contributed by atoms with Gasteiger partial charge in [0.15, 0.2) is 0 Å². The fraction of sp³-hybridized carbons (Fsp3) is 0.447. The summed E-state index contributed by atoms with van der Waals surface area (Å²) in [5.41, 5.74) is 32.8. The number of hydrogen-bond donors (Lipinski definition) is 0. The molecule has 0 spiro atoms. The van der Waals surface area contributed by atoms with Crippen LogP contribution in [0.25, 0.3) is 0 Å². The Hall–Kier alpha value is -6.00. The van der Waals surface area contributed by atoms with Gasteiger partial charge in [-0.15, -0.1) is 0 Å². The van der Waals surface area contributed by atoms with Crippen LogP contribution in [-0.4, -0.2) is 6.71 Å². The highest BCUT2D eigenvalue weighted by atomic mass is 15.2. The normalized spacial score (nSPS) is 15.8. The molecule has 0 unspecified atom stereocenters. The van der Waals surface area contributed by atoms with Crippen LogP contribution in [0.15, 0.2) is 103 Å². The summed E-state index contributed by atoms with van der Waals surface area (Å²) < 4.78 is 0. The fourth-order valence-corrected chi connectivity index (χ4v) is 13.8. The van der Waals surface area contributed by atoms with E-state index in [1.165, 1.54) is 129 Å². The largest absolute Gasteiger partial charge is 0.311 e. The molecule has 2 heterocycles. The van der Waals surface area contributed by atoms with Gasteiger partial charge in [-0.1, -0.05) is 192 Å². The van der Waals surface area contributed by atoms with Gasteiger partial charge in [-0.05, 0) is 223 Å². The van der Waals surface area contributed by atoms with Crippen LogP contribution in [0.2, 0.25) is 0 Å². The van der Waals surface area contributed by atoms with Gasteiger partial charge in [0.1, 0.15) is 0 Å². The number of benzene rings is 7. The highest BCUT2D eigenvalue weighted by molar-refractivity contribution is 7.00. The average Bonchev–Trinajstić information content (AvgIpc) is 3.32. The zero-order valence-electron chi connectivity index (χ0n) is 54.1. The second-order valence-corrected chi connectivity index (χ2v) is 31.5. The Morgan fingerprint density at radius 2 is 0.713 bits per heavy atom. The molecular weight excluding hydrogens is 966 g/mol. The van der Waals surface area contributed by atoms with Crippen molar-refractivity contribution in [3.63, 3.8) is 0 Å². The van der Waals surface area contributed by atoms with Crippen LogP contribution in [0.4, 0.5) is 51.2 Å². The lowest BCUT2D eigenvalue weighted by Gasteiger charge is -2.48. The SMILES string of the molecule is Cc1cc(C(C)(C)C)cc(C)c1N(c1ccc(C(C)(C)C)cc1)c1ccc2c(c1)N(c1c(C)cc(C(C)(C)C)cc1C)c1cc(C(C)(C)C)cc3c1B2c1cc2c(cc1N3c1c(C)cc(C(C)(C)C)cc1C)C(C)(C)CCC2(C)C. The van der Waals surface area contributed by atoms with E-state index in [0.29, 0.717) is 0 Å². The van der Waals surface area contributed by atoms with Gasteiger partial charge in [0.05, 0.1) is 17.1 Å². The molecule has 0 aromatic heterocycles. The molecule has 0 fully saturated rings. The van der Waals surface area contributed by atoms with Crippen LogP contribution >= 0.6 is 0 Å². The van der Waals surface area contributed by atoms with Crippen molar-refractivity contribution in [3.8, 4) is 0 Å². The molecule has 4 heteroatoms. The number of anilines is 9. The molecule has 3 nitrogen and oxygen atoms in total. The number of aryl methyl sites for hydroxylation is 6. The third-order valence-electron chi connectivity index (χ3n) is 18.9. The van der Waals surface area contributed by atoms with Crippen LogP contribution in [0.1, 0.15) is 217 Å². The lowest BCUT2D eigenvalue weighted by molar-refractivity contribution is 0.332. The second kappa shape index (κ2) is 18.8. The predicted octanol–water partition coefficient (Wildman–Crippen LogP) is 19.9. The standard InChI is InChI=1S/C76H96BN3/c1-45-34-52(71(10,11)12)35-46(2)67(45)78(56-28-26-51(27-29-56)70(7,8)9)57-30-31-60-62(42-57)79(68-47(3)36-53(37-48(68)4)72(13,14)15)64-40-55(74(19,20)21)41-65-66(64)77(60)61-43-58-59(76(24,25)33-32-75(58,22)23)44-63(61)80(65)69-49(5)38-54(39-50(69)6)73(16,17)18/h26-31,34-44H,32-33H2,1-25H3. The number of hydrogen-bond acceptors (Lipinski definition) is 3. The van der Waals surface area contributed by atoms with E-state index in [-0.39, 0.29) is 44.6 Å². The number of fused-ring (bicyclic) bond motifs is 5. The third-order valence-corrected chi connectivity index (χ3v) is 18.9. The molecule has 418 valence electrons. The molecule has 2 aliphatic heterocycles. The molecular formula is C76H96BN3. The van der Waals surface area contributed by atoms with Crippen LogP contribution in [0.3, 0.4) is 0 Å². The van der Waals surface area contributed by atoms with Crippen LogP contribution in [0, 0.1) is 41.5 Å². The molecule has 7 aromatic rings. The highest BCUT2D eigenvalue weighted by Gasteiger charge is 2.48. The molecule has 10 rings (SSSR count). The summed E-state index contributed by atoms with van der Waals surface area (Å²) in [6.07, 6.45) is 2.31. The molecule has 0 bridgehead atoms. The molecule has 3 aliphatic rings. The third kappa shape index (κ3) is 9.65. The average molecular weight is 1060 g/mol. The van der Waals surface area contributed by atoms with Gasteiger partial charge in [-0.3, -0.25) is 0 Å². The van der Waals surface area contributed by atoms with E-state index in [4.69, 9.17) is 0 Å². The van der Waals surface area contributed by atoms with Crippen molar-refractivity contribution in [2.24, 2.45) is 0 Å². The zero-order chi connectivity index (χ0) is 58.7. The first-order valence-electron chi connectivity index (χ1n) is 30.2. The summed E-state index contributed by atoms with van der Waals surface area (Å²) >= 11 is 0. The van der Waals surface area contributed by atoms with Gasteiger partial charge in [-0.25, -0.2) is 0 Å². The Labute approximate surface area is 485 Å². The minimum Gasteiger partial charge on any atom is -0.311 e. The van der Waals surface area contributed by atoms with Gasteiger partial charge < -0.3 is 14.7 Å². The summed E-state index contributed by atoms with van der Waals surface area (Å²) in [5.74, 6) is 0. The van der Waals surface area contributed by atoms with Crippen LogP contribution in [-0.2, 0) is 37.9 Å². The summed E-state index contributed by atoms with van der Waals surface area (Å²) in [6, 6.07) is 42.4. The summed E-state index contributed by atoms with van der Waals surface area (Å²) in [5, 5.41) is 0. The number of rotatable bonds is 5. The van der Waals surface area contributed by atoms with Crippen molar-refractivity contribution < 1.29 is 0 Å². The van der Waals surface area contributed by atoms with E-state index in [1.807, 2.05) is 0 Å². The Morgan fingerprint density at radius 1 is 0.362 bits per heavy atom. The zero-order valence-corrected chi connectivity index (χ0v) is 54.1. The summed E-state index contributed by atoms with van der Waals surface area (Å²) in [6.45, 7) is 59.3. The maximum absolute atomic E-state index is 2.74. The van der Waals surface area contributed by atoms with E-state index < -0.39 is 0 Å². The first-order valence-corrected chi connectivity index (χ1v) is 30.2. The molecule has 0 radical (unpaired) electrons. The fourth-order valence-electron chi connectivity index (χ4n) is 13.8. The van der Waals surface area contributed by atoms with Gasteiger partial charge in [0.25, 0.3) is 6.71 Å². The lowest BCUT2D eigenvalue weighted by atomic mass is 9.33. The summed E-state index contributed by atoms with van der Waals surface area (Å²) in [4.78, 5) is 8.03. The molecule has 0 N–H and O–H groups in total. The van der Waals surface area contributed by atoms with Crippen LogP contribution in [0.5, 0.6) is 0 Å². The second-order valence-electron chi connectivity index (χ2n) is 31.5. The topological polar surface area (TPSA) is 9.72 Å². The van der Waals surface area contributed by atoms with Gasteiger partial charge in [0, 0.05) is 34.1 Å². The van der Waals surface area contributed by atoms with Crippen molar-refractivity contribution >= 4 is 74.3 Å². The maximum Gasteiger partial charge on any atom is 0.252 e. The first kappa shape index (κ1) is 57.2. The van der Waals surface area contributed by atoms with Gasteiger partial charge in [-0.2, -0.15) is 0 Å². The van der Waals surface area contributed by atoms with E-state index in [2.05, 4.69) is 291 Å². The van der Waals surface area contributed by atoms with Crippen molar-refractivity contribution in [1.82, 2.24) is 0 Å². The molecule has 7 aromatic carbocycles. The Morgan fingerprint density at radius 3 is 1.11 bits per heavy atom. The predicted molar refractivity (Wildman–Crippen MR) is 352 cm³/mol. The smallest absolute Gasteiger partial charge is 0.252 e. The first-order chi connectivity index (χ1) is 36.8. The van der Waals surface area contributed by atoms with E-state index in [1.54, 1.807) is 0 Å². The van der Waals surface area contributed by atoms with Crippen molar-refractivity contribution in [3.05, 3.63) is 175 Å². The Balaban J connectivity index is 1.37. The van der Waals surface area contributed by atoms with Crippen molar-refractivity contribution in [2.45, 2.75) is 224 Å². The quantitative estimate of drug-likeness (QED) is 0.159. The lowest BCUT2D eigenvalue weighted by Crippen LogP contribution is -2.62. The minimum atomic E-state index is -0.159. The molecule has 0 atom stereocenters. The van der Waals surface area contributed by atoms with Gasteiger partial charge >= 0.3 is 0 Å². The van der Waals surface area contributed by atoms with Gasteiger partial charge in [0.2, 0.25) is 0 Å². The van der Waals surface area contributed by atoms with Crippen molar-refractivity contribution in [1.29, 1.82) is 0 Å². The Bertz CT molecular complexity index is 3570. The van der Waals surface area contributed by atoms with E-state index in [0.717, 1.165) is 24.2 Å². The molecule has 80 heavy (non-hydrogen) atoms. The maximum atomic E-state index is 2.74. The minimum absolute atomic E-state index is 0.0112. The molecule has 0 saturated heterocycles. The summed E-state index contributed by atoms with van der Waals surface area (Å²) in [7, 11) is 0. The van der Waals surface area contributed by atoms with Crippen LogP contribution < -0.4 is 31.1 Å². The molecule has 1 aliphatic carbocycles. The van der Waals surface area contributed by atoms with Crippen molar-refractivity contribution in [2.75, 3.05) is 14.7 Å². The van der Waals surface area contributed by atoms with E-state index >= 15 is 0 Å². The number of nitrogens with zero attached hydrogens (tertiary/aromatic N) is 3. The molecule has 0 amide bonds. The Kier molecular flexibility index (Phi) is 13.4. The molecule has 0 saturated carbocycles. The highest BCUT2D eigenvalue weighted by Crippen LogP contribution is 2.54. The monoisotopic (exact) mass is 1060 g/mol.